The average molecular weight is 457 g/mol. The smallest absolute Gasteiger partial charge is 0.248 e. The second-order valence-electron chi connectivity index (χ2n) is 9.16. The van der Waals surface area contributed by atoms with E-state index < -0.39 is 0 Å². The summed E-state index contributed by atoms with van der Waals surface area (Å²) in [6.45, 7) is 6.86. The van der Waals surface area contributed by atoms with Crippen molar-refractivity contribution in [1.29, 1.82) is 0 Å². The lowest BCUT2D eigenvalue weighted by atomic mass is 10.2. The minimum absolute atomic E-state index is 0.0844. The maximum absolute atomic E-state index is 12.1. The maximum Gasteiger partial charge on any atom is 0.248 e. The number of ether oxygens (including phenoxy) is 1. The fourth-order valence-corrected chi connectivity index (χ4v) is 3.91. The molecule has 0 unspecified atom stereocenters. The van der Waals surface area contributed by atoms with Gasteiger partial charge in [-0.05, 0) is 52.6 Å². The minimum atomic E-state index is 0.0844. The molecule has 2 aromatic heterocycles. The van der Waals surface area contributed by atoms with Crippen molar-refractivity contribution in [2.24, 2.45) is 0 Å². The van der Waals surface area contributed by atoms with Crippen molar-refractivity contribution >= 4 is 23.4 Å². The standard InChI is InChI=1S/C23H36N8O2/c1-17-20(15-31(28-17)12-11-29(2)3)26-23-25-14-19(18-6-7-18)22(27-23)24-8-4-9-30-10-5-13-33-16-21(30)32/h14-15,18H,4-13,16H2,1-3H3,(H2,24,25,26,27). The molecule has 2 aliphatic rings. The van der Waals surface area contributed by atoms with Gasteiger partial charge in [-0.15, -0.1) is 0 Å². The van der Waals surface area contributed by atoms with Gasteiger partial charge in [0.05, 0.1) is 17.9 Å². The van der Waals surface area contributed by atoms with Gasteiger partial charge >= 0.3 is 0 Å². The van der Waals surface area contributed by atoms with Gasteiger partial charge in [0.1, 0.15) is 12.4 Å². The Morgan fingerprint density at radius 1 is 1.27 bits per heavy atom. The van der Waals surface area contributed by atoms with Crippen LogP contribution < -0.4 is 10.6 Å². The van der Waals surface area contributed by atoms with E-state index >= 15 is 0 Å². The summed E-state index contributed by atoms with van der Waals surface area (Å²) in [6.07, 6.45) is 8.08. The highest BCUT2D eigenvalue weighted by atomic mass is 16.5. The van der Waals surface area contributed by atoms with E-state index in [0.29, 0.717) is 18.5 Å². The highest BCUT2D eigenvalue weighted by Crippen LogP contribution is 2.42. The molecule has 0 radical (unpaired) electrons. The molecule has 0 bridgehead atoms. The molecule has 2 aromatic rings. The van der Waals surface area contributed by atoms with Crippen molar-refractivity contribution < 1.29 is 9.53 Å². The van der Waals surface area contributed by atoms with E-state index in [2.05, 4.69) is 39.7 Å². The summed E-state index contributed by atoms with van der Waals surface area (Å²) in [4.78, 5) is 25.5. The predicted molar refractivity (Wildman–Crippen MR) is 128 cm³/mol. The summed E-state index contributed by atoms with van der Waals surface area (Å²) in [5.41, 5.74) is 3.02. The van der Waals surface area contributed by atoms with Gasteiger partial charge in [-0.2, -0.15) is 10.1 Å². The minimum Gasteiger partial charge on any atom is -0.372 e. The number of carbonyl (C=O) groups is 1. The molecule has 3 heterocycles. The van der Waals surface area contributed by atoms with Crippen LogP contribution in [0.15, 0.2) is 12.4 Å². The number of aromatic nitrogens is 4. The van der Waals surface area contributed by atoms with Crippen LogP contribution in [-0.2, 0) is 16.1 Å². The van der Waals surface area contributed by atoms with E-state index in [1.165, 1.54) is 18.4 Å². The fraction of sp³-hybridized carbons (Fsp3) is 0.652. The van der Waals surface area contributed by atoms with Gasteiger partial charge in [-0.25, -0.2) is 4.98 Å². The van der Waals surface area contributed by atoms with E-state index in [1.807, 2.05) is 28.9 Å². The van der Waals surface area contributed by atoms with Crippen molar-refractivity contribution in [3.63, 3.8) is 0 Å². The average Bonchev–Trinajstić information content (AvgIpc) is 3.59. The monoisotopic (exact) mass is 456 g/mol. The molecule has 1 aliphatic heterocycles. The first-order valence-electron chi connectivity index (χ1n) is 11.9. The van der Waals surface area contributed by atoms with Gasteiger partial charge in [-0.1, -0.05) is 0 Å². The zero-order valence-corrected chi connectivity index (χ0v) is 20.0. The molecule has 4 rings (SSSR count). The van der Waals surface area contributed by atoms with Crippen molar-refractivity contribution in [1.82, 2.24) is 29.5 Å². The zero-order chi connectivity index (χ0) is 23.2. The number of nitrogens with zero attached hydrogens (tertiary/aromatic N) is 6. The van der Waals surface area contributed by atoms with Crippen LogP contribution in [-0.4, -0.2) is 88.9 Å². The number of hydrogen-bond donors (Lipinski definition) is 2. The molecular formula is C23H36N8O2. The lowest BCUT2D eigenvalue weighted by Crippen LogP contribution is -2.34. The second kappa shape index (κ2) is 10.9. The van der Waals surface area contributed by atoms with Crippen LogP contribution in [0.4, 0.5) is 17.5 Å². The Morgan fingerprint density at radius 3 is 2.91 bits per heavy atom. The van der Waals surface area contributed by atoms with Gasteiger partial charge < -0.3 is 25.2 Å². The molecule has 10 heteroatoms. The first-order chi connectivity index (χ1) is 16.0. The van der Waals surface area contributed by atoms with E-state index in [-0.39, 0.29) is 12.5 Å². The molecule has 1 aliphatic carbocycles. The summed E-state index contributed by atoms with van der Waals surface area (Å²) in [7, 11) is 4.11. The number of hydrogen-bond acceptors (Lipinski definition) is 8. The van der Waals surface area contributed by atoms with Crippen LogP contribution in [0.5, 0.6) is 0 Å². The first kappa shape index (κ1) is 23.4. The number of anilines is 3. The van der Waals surface area contributed by atoms with Crippen LogP contribution in [0.3, 0.4) is 0 Å². The van der Waals surface area contributed by atoms with Crippen LogP contribution in [0.2, 0.25) is 0 Å². The van der Waals surface area contributed by atoms with Gasteiger partial charge in [-0.3, -0.25) is 9.48 Å². The SMILES string of the molecule is Cc1nn(CCN(C)C)cc1Nc1ncc(C2CC2)c(NCCCN2CCCOCC2=O)n1. The highest BCUT2D eigenvalue weighted by molar-refractivity contribution is 5.77. The lowest BCUT2D eigenvalue weighted by Gasteiger charge is -2.20. The van der Waals surface area contributed by atoms with Crippen molar-refractivity contribution in [3.05, 3.63) is 23.7 Å². The Kier molecular flexibility index (Phi) is 7.77. The Labute approximate surface area is 195 Å². The number of aryl methyl sites for hydroxylation is 1. The van der Waals surface area contributed by atoms with Crippen molar-refractivity contribution in [2.75, 3.05) is 64.1 Å². The summed E-state index contributed by atoms with van der Waals surface area (Å²) < 4.78 is 7.27. The molecule has 1 saturated carbocycles. The molecule has 2 fully saturated rings. The number of nitrogens with one attached hydrogen (secondary N) is 2. The highest BCUT2D eigenvalue weighted by Gasteiger charge is 2.27. The van der Waals surface area contributed by atoms with Gasteiger partial charge in [0.2, 0.25) is 11.9 Å². The molecule has 33 heavy (non-hydrogen) atoms. The summed E-state index contributed by atoms with van der Waals surface area (Å²) >= 11 is 0. The number of rotatable bonds is 11. The van der Waals surface area contributed by atoms with Gasteiger partial charge in [0, 0.05) is 50.7 Å². The molecule has 2 N–H and O–H groups in total. The number of amides is 1. The molecule has 0 spiro atoms. The fourth-order valence-electron chi connectivity index (χ4n) is 3.91. The molecule has 0 aromatic carbocycles. The Balaban J connectivity index is 1.36. The number of carbonyl (C=O) groups excluding carboxylic acids is 1. The summed E-state index contributed by atoms with van der Waals surface area (Å²) in [6, 6.07) is 0. The molecule has 1 amide bonds. The van der Waals surface area contributed by atoms with Crippen LogP contribution in [0.1, 0.15) is 42.9 Å². The van der Waals surface area contributed by atoms with E-state index in [9.17, 15) is 4.79 Å². The lowest BCUT2D eigenvalue weighted by molar-refractivity contribution is -0.133. The van der Waals surface area contributed by atoms with Gasteiger partial charge in [0.25, 0.3) is 0 Å². The topological polar surface area (TPSA) is 100 Å². The third-order valence-corrected chi connectivity index (χ3v) is 6.00. The Morgan fingerprint density at radius 2 is 2.12 bits per heavy atom. The third-order valence-electron chi connectivity index (χ3n) is 6.00. The zero-order valence-electron chi connectivity index (χ0n) is 20.0. The Bertz CT molecular complexity index is 941. The summed E-state index contributed by atoms with van der Waals surface area (Å²) in [5.74, 6) is 2.08. The quantitative estimate of drug-likeness (QED) is 0.497. The Hall–Kier alpha value is -2.72. The first-order valence-corrected chi connectivity index (χ1v) is 11.9. The van der Waals surface area contributed by atoms with Crippen molar-refractivity contribution in [3.8, 4) is 0 Å². The van der Waals surface area contributed by atoms with Gasteiger partial charge in [0.15, 0.2) is 0 Å². The predicted octanol–water partition coefficient (Wildman–Crippen LogP) is 2.22. The van der Waals surface area contributed by atoms with Crippen molar-refractivity contribution in [2.45, 2.75) is 45.1 Å². The number of likely N-dealkylation sites (N-methyl/N-ethyl adjacent to an activating group) is 1. The van der Waals surface area contributed by atoms with E-state index in [0.717, 1.165) is 62.8 Å². The van der Waals surface area contributed by atoms with Crippen LogP contribution in [0.25, 0.3) is 0 Å². The molecule has 180 valence electrons. The molecule has 1 saturated heterocycles. The second-order valence-corrected chi connectivity index (χ2v) is 9.16. The summed E-state index contributed by atoms with van der Waals surface area (Å²) in [5, 5.41) is 11.4. The largest absolute Gasteiger partial charge is 0.372 e. The third kappa shape index (κ3) is 6.64. The van der Waals surface area contributed by atoms with Crippen LogP contribution >= 0.6 is 0 Å². The molecule has 10 nitrogen and oxygen atoms in total. The normalized spacial score (nSPS) is 16.8. The molecule has 0 atom stereocenters. The molecular weight excluding hydrogens is 420 g/mol. The van der Waals surface area contributed by atoms with E-state index in [4.69, 9.17) is 9.72 Å². The van der Waals surface area contributed by atoms with E-state index in [1.54, 1.807) is 0 Å². The van der Waals surface area contributed by atoms with Crippen LogP contribution in [0, 0.1) is 6.92 Å². The maximum atomic E-state index is 12.1.